The van der Waals surface area contributed by atoms with E-state index in [2.05, 4.69) is 10.3 Å². The number of rotatable bonds is 10. The molecule has 1 aliphatic rings. The zero-order valence-corrected chi connectivity index (χ0v) is 18.8. The molecule has 0 bridgehead atoms. The topological polar surface area (TPSA) is 149 Å². The highest BCUT2D eigenvalue weighted by Crippen LogP contribution is 2.28. The van der Waals surface area contributed by atoms with Gasteiger partial charge < -0.3 is 25.4 Å². The average Bonchev–Trinajstić information content (AvgIpc) is 3.20. The third-order valence-corrected chi connectivity index (χ3v) is 5.23. The Labute approximate surface area is 193 Å². The molecule has 2 aromatic rings. The van der Waals surface area contributed by atoms with E-state index in [0.29, 0.717) is 6.54 Å². The van der Waals surface area contributed by atoms with Gasteiger partial charge in [0.15, 0.2) is 0 Å². The minimum atomic E-state index is -0.861. The van der Waals surface area contributed by atoms with Crippen LogP contribution in [0.25, 0.3) is 12.2 Å². The van der Waals surface area contributed by atoms with E-state index in [9.17, 15) is 19.5 Å². The molecule has 0 aliphatic carbocycles. The van der Waals surface area contributed by atoms with Crippen molar-refractivity contribution >= 4 is 27.5 Å². The first-order valence-corrected chi connectivity index (χ1v) is 10.7. The second-order valence-electron chi connectivity index (χ2n) is 7.42. The lowest BCUT2D eigenvalue weighted by Gasteiger charge is -2.15. The molecule has 2 heterocycles. The van der Waals surface area contributed by atoms with Crippen LogP contribution in [0.1, 0.15) is 29.3 Å². The third-order valence-electron chi connectivity index (χ3n) is 5.06. The smallest absolute Gasteiger partial charge is 0.330 e. The van der Waals surface area contributed by atoms with Crippen molar-refractivity contribution < 1.29 is 19.2 Å². The number of nitrogens with two attached hydrogens (primary N) is 1. The number of carbonyl (C=O) groups excluding carboxylic acids is 1. The highest BCUT2D eigenvalue weighted by atomic mass is 31.0. The Kier molecular flexibility index (Phi) is 8.35. The normalized spacial score (nSPS) is 21.4. The molecule has 33 heavy (non-hydrogen) atoms. The molecule has 11 heteroatoms. The van der Waals surface area contributed by atoms with Gasteiger partial charge in [0.1, 0.15) is 12.3 Å². The lowest BCUT2D eigenvalue weighted by molar-refractivity contribution is -0.116. The van der Waals surface area contributed by atoms with Gasteiger partial charge in [0, 0.05) is 41.2 Å². The molecular formula is C22H27N4O6P. The number of hydrogen-bond acceptors (Lipinski definition) is 7. The van der Waals surface area contributed by atoms with E-state index in [1.807, 2.05) is 24.3 Å². The predicted octanol–water partition coefficient (Wildman–Crippen LogP) is 0.293. The van der Waals surface area contributed by atoms with Crippen molar-refractivity contribution in [2.75, 3.05) is 13.2 Å². The summed E-state index contributed by atoms with van der Waals surface area (Å²) in [7, 11) is -0.489. The van der Waals surface area contributed by atoms with Crippen LogP contribution in [-0.2, 0) is 20.6 Å². The van der Waals surface area contributed by atoms with E-state index in [1.165, 1.54) is 22.9 Å². The molecule has 1 saturated heterocycles. The quantitative estimate of drug-likeness (QED) is 0.285. The number of benzene rings is 1. The maximum absolute atomic E-state index is 12.2. The summed E-state index contributed by atoms with van der Waals surface area (Å²) in [6.07, 6.45) is 5.32. The first-order valence-electron chi connectivity index (χ1n) is 10.8. The lowest BCUT2D eigenvalue weighted by atomic mass is 10.1. The number of H-pyrrole nitrogens is 1. The minimum absolute atomic E-state index is 0.0388. The summed E-state index contributed by atoms with van der Waals surface area (Å²) in [6, 6.07) is 7.52. The molecule has 1 aromatic heterocycles. The van der Waals surface area contributed by atoms with Crippen LogP contribution in [-0.4, -0.2) is 47.2 Å². The number of hydrogen-bond donors (Lipinski definition) is 4. The van der Waals surface area contributed by atoms with E-state index in [4.69, 9.17) is 16.3 Å². The van der Waals surface area contributed by atoms with Crippen LogP contribution in [0.5, 0.6) is 0 Å². The molecule has 4 atom stereocenters. The molecule has 0 radical (unpaired) electrons. The Hall–Kier alpha value is -2.88. The van der Waals surface area contributed by atoms with Gasteiger partial charge in [-0.1, -0.05) is 36.4 Å². The standard InChI is InChI=1S/C22H27N4O6P/c23-11-15-4-1-3-14(9-15)6-7-19(28)24-8-2-5-16-12-26(22(30)25-21(16)29)20-10-17(27)18(32-20)13-31-33/h1-7,9,12,17-18,20,27H,8,10-11,13,23,33H2,(H,24,28)(H,25,29,30)/i33T. The highest BCUT2D eigenvalue weighted by molar-refractivity contribution is 7.09. The molecule has 4 unspecified atom stereocenters. The summed E-state index contributed by atoms with van der Waals surface area (Å²) in [5.41, 5.74) is 6.37. The molecule has 10 nitrogen and oxygen atoms in total. The first kappa shape index (κ1) is 23.3. The highest BCUT2D eigenvalue weighted by Gasteiger charge is 2.35. The number of nitrogens with zero attached hydrogens (tertiary/aromatic N) is 1. The van der Waals surface area contributed by atoms with Crippen LogP contribution < -0.4 is 22.3 Å². The van der Waals surface area contributed by atoms with Crippen molar-refractivity contribution in [3.63, 3.8) is 0 Å². The number of aliphatic hydroxyl groups excluding tert-OH is 1. The number of amides is 1. The van der Waals surface area contributed by atoms with Crippen LogP contribution in [0.15, 0.2) is 52.2 Å². The largest absolute Gasteiger partial charge is 0.390 e. The van der Waals surface area contributed by atoms with Gasteiger partial charge in [-0.05, 0) is 17.2 Å². The number of ether oxygens (including phenoxy) is 1. The van der Waals surface area contributed by atoms with Gasteiger partial charge in [-0.25, -0.2) is 4.79 Å². The molecule has 1 aliphatic heterocycles. The van der Waals surface area contributed by atoms with Crippen molar-refractivity contribution in [1.82, 2.24) is 14.9 Å². The Morgan fingerprint density at radius 2 is 2.30 bits per heavy atom. The third kappa shape index (κ3) is 6.80. The summed E-state index contributed by atoms with van der Waals surface area (Å²) < 4.78 is 18.9. The van der Waals surface area contributed by atoms with Gasteiger partial charge >= 0.3 is 5.69 Å². The monoisotopic (exact) mass is 476 g/mol. The summed E-state index contributed by atoms with van der Waals surface area (Å²) in [4.78, 5) is 38.7. The average molecular weight is 476 g/mol. The molecule has 3 rings (SSSR count). The van der Waals surface area contributed by atoms with E-state index in [0.717, 1.165) is 11.1 Å². The van der Waals surface area contributed by atoms with Gasteiger partial charge in [0.25, 0.3) is 5.56 Å². The Morgan fingerprint density at radius 1 is 1.45 bits per heavy atom. The molecule has 1 amide bonds. The number of nitrogens with one attached hydrogen (secondary N) is 2. The maximum Gasteiger partial charge on any atom is 0.330 e. The first-order chi connectivity index (χ1) is 16.4. The van der Waals surface area contributed by atoms with E-state index < -0.39 is 39.1 Å². The fraction of sp³-hybridized carbons (Fsp3) is 0.318. The Balaban J connectivity index is 1.59. The second kappa shape index (κ2) is 11.8. The Bertz CT molecular complexity index is 1160. The van der Waals surface area contributed by atoms with Crippen LogP contribution in [0.2, 0.25) is 0 Å². The van der Waals surface area contributed by atoms with Crippen molar-refractivity contribution in [2.24, 2.45) is 5.73 Å². The minimum Gasteiger partial charge on any atom is -0.390 e. The second-order valence-corrected chi connectivity index (χ2v) is 7.71. The zero-order chi connectivity index (χ0) is 24.5. The van der Waals surface area contributed by atoms with Gasteiger partial charge in [0.2, 0.25) is 5.91 Å². The van der Waals surface area contributed by atoms with Crippen LogP contribution in [0, 0.1) is 0 Å². The van der Waals surface area contributed by atoms with E-state index in [-0.39, 0.29) is 31.0 Å². The molecule has 176 valence electrons. The molecule has 0 saturated carbocycles. The summed E-state index contributed by atoms with van der Waals surface area (Å²) in [5.74, 6) is -0.309. The van der Waals surface area contributed by atoms with Crippen molar-refractivity contribution in [3.05, 3.63) is 80.1 Å². The van der Waals surface area contributed by atoms with Crippen LogP contribution >= 0.6 is 9.41 Å². The number of aromatic nitrogens is 2. The van der Waals surface area contributed by atoms with Crippen molar-refractivity contribution in [1.29, 1.82) is 1.28 Å². The molecular weight excluding hydrogens is 447 g/mol. The lowest BCUT2D eigenvalue weighted by Crippen LogP contribution is -2.33. The van der Waals surface area contributed by atoms with Crippen LogP contribution in [0.4, 0.5) is 0 Å². The SMILES string of the molecule is [3H]POCC1OC(n2cc(C=CCNC(=O)C=Cc3cccc(CN)c3)c(=O)[nH]c2=O)CC1O. The molecule has 1 fully saturated rings. The zero-order valence-electron chi connectivity index (χ0n) is 18.8. The Morgan fingerprint density at radius 3 is 3.09 bits per heavy atom. The molecule has 5 N–H and O–H groups in total. The predicted molar refractivity (Wildman–Crippen MR) is 127 cm³/mol. The summed E-state index contributed by atoms with van der Waals surface area (Å²) in [6.45, 7) is 0.619. The number of aliphatic hydroxyl groups is 1. The van der Waals surface area contributed by atoms with E-state index >= 15 is 0 Å². The van der Waals surface area contributed by atoms with E-state index in [1.54, 1.807) is 12.2 Å². The summed E-state index contributed by atoms with van der Waals surface area (Å²) in [5, 5.41) is 12.8. The fourth-order valence-electron chi connectivity index (χ4n) is 3.35. The molecule has 1 aromatic carbocycles. The maximum atomic E-state index is 12.2. The number of aromatic amines is 1. The number of carbonyl (C=O) groups is 1. The van der Waals surface area contributed by atoms with Gasteiger partial charge in [-0.15, -0.1) is 0 Å². The fourth-order valence-corrected chi connectivity index (χ4v) is 3.52. The van der Waals surface area contributed by atoms with Crippen molar-refractivity contribution in [3.8, 4) is 0 Å². The van der Waals surface area contributed by atoms with Gasteiger partial charge in [0.05, 0.1) is 19.6 Å². The van der Waals surface area contributed by atoms with Gasteiger partial charge in [-0.3, -0.25) is 19.1 Å². The van der Waals surface area contributed by atoms with Gasteiger partial charge in [-0.2, -0.15) is 0 Å². The van der Waals surface area contributed by atoms with Crippen molar-refractivity contribution in [2.45, 2.75) is 31.4 Å². The van der Waals surface area contributed by atoms with Crippen LogP contribution in [0.3, 0.4) is 0 Å². The summed E-state index contributed by atoms with van der Waals surface area (Å²) >= 11 is 0. The molecule has 0 spiro atoms.